The number of phenols is 1. The van der Waals surface area contributed by atoms with E-state index in [1.165, 1.54) is 12.7 Å². The van der Waals surface area contributed by atoms with Gasteiger partial charge in [-0.1, -0.05) is 35.9 Å². The molecule has 0 amide bonds. The van der Waals surface area contributed by atoms with Crippen molar-refractivity contribution >= 4 is 6.21 Å². The highest BCUT2D eigenvalue weighted by molar-refractivity contribution is 5.84. The molecule has 1 atom stereocenters. The highest BCUT2D eigenvalue weighted by atomic mass is 16.5. The first-order valence-corrected chi connectivity index (χ1v) is 6.57. The second-order valence-corrected chi connectivity index (χ2v) is 4.76. The average Bonchev–Trinajstić information content (AvgIpc) is 2.46. The molecule has 1 N–H and O–H groups in total. The summed E-state index contributed by atoms with van der Waals surface area (Å²) in [4.78, 5) is 4.49. The molecule has 2 aromatic carbocycles. The lowest BCUT2D eigenvalue weighted by molar-refractivity contribution is 0.373. The average molecular weight is 269 g/mol. The number of nitrogens with zero attached hydrogens (tertiary/aromatic N) is 1. The summed E-state index contributed by atoms with van der Waals surface area (Å²) >= 11 is 0. The Morgan fingerprint density at radius 1 is 1.15 bits per heavy atom. The number of hydrogen-bond acceptors (Lipinski definition) is 3. The van der Waals surface area contributed by atoms with Gasteiger partial charge in [-0.25, -0.2) is 0 Å². The number of hydrogen-bond donors (Lipinski definition) is 1. The van der Waals surface area contributed by atoms with Crippen molar-refractivity contribution in [2.24, 2.45) is 4.99 Å². The molecule has 0 saturated carbocycles. The second kappa shape index (κ2) is 6.24. The smallest absolute Gasteiger partial charge is 0.166 e. The van der Waals surface area contributed by atoms with Crippen molar-refractivity contribution in [1.29, 1.82) is 0 Å². The van der Waals surface area contributed by atoms with E-state index in [-0.39, 0.29) is 11.8 Å². The van der Waals surface area contributed by atoms with Crippen LogP contribution in [0.5, 0.6) is 11.5 Å². The summed E-state index contributed by atoms with van der Waals surface area (Å²) in [7, 11) is 1.53. The molecule has 2 rings (SSSR count). The van der Waals surface area contributed by atoms with Gasteiger partial charge in [0.1, 0.15) is 0 Å². The minimum atomic E-state index is 0.0428. The van der Waals surface area contributed by atoms with Crippen molar-refractivity contribution < 1.29 is 9.84 Å². The van der Waals surface area contributed by atoms with Gasteiger partial charge in [0.2, 0.25) is 0 Å². The molecule has 0 heterocycles. The number of phenolic OH excluding ortho intramolecular Hbond substituents is 1. The molecule has 0 aliphatic heterocycles. The monoisotopic (exact) mass is 269 g/mol. The molecule has 20 heavy (non-hydrogen) atoms. The number of rotatable bonds is 4. The van der Waals surface area contributed by atoms with Crippen LogP contribution in [0.4, 0.5) is 0 Å². The highest BCUT2D eigenvalue weighted by Gasteiger charge is 2.06. The van der Waals surface area contributed by atoms with Crippen molar-refractivity contribution in [3.05, 3.63) is 59.2 Å². The van der Waals surface area contributed by atoms with Crippen molar-refractivity contribution in [2.75, 3.05) is 7.11 Å². The summed E-state index contributed by atoms with van der Waals surface area (Å²) in [6, 6.07) is 13.7. The van der Waals surface area contributed by atoms with Crippen molar-refractivity contribution in [3.8, 4) is 11.5 Å². The normalized spacial score (nSPS) is 12.6. The van der Waals surface area contributed by atoms with Crippen molar-refractivity contribution in [3.63, 3.8) is 0 Å². The topological polar surface area (TPSA) is 41.8 Å². The summed E-state index contributed by atoms with van der Waals surface area (Å²) in [5.41, 5.74) is 3.04. The molecular weight excluding hydrogens is 250 g/mol. The van der Waals surface area contributed by atoms with Gasteiger partial charge in [0.15, 0.2) is 11.5 Å². The third-order valence-corrected chi connectivity index (χ3v) is 3.25. The largest absolute Gasteiger partial charge is 0.504 e. The first kappa shape index (κ1) is 14.1. The Hall–Kier alpha value is -2.29. The van der Waals surface area contributed by atoms with Crippen LogP contribution in [-0.2, 0) is 0 Å². The van der Waals surface area contributed by atoms with Crippen LogP contribution in [0.15, 0.2) is 47.5 Å². The summed E-state index contributed by atoms with van der Waals surface area (Å²) in [6.45, 7) is 4.09. The molecule has 0 radical (unpaired) electrons. The minimum absolute atomic E-state index is 0.0428. The molecule has 0 saturated heterocycles. The Bertz CT molecular complexity index is 603. The highest BCUT2D eigenvalue weighted by Crippen LogP contribution is 2.28. The van der Waals surface area contributed by atoms with E-state index in [2.05, 4.69) is 36.2 Å². The van der Waals surface area contributed by atoms with Gasteiger partial charge >= 0.3 is 0 Å². The van der Waals surface area contributed by atoms with Crippen LogP contribution >= 0.6 is 0 Å². The summed E-state index contributed by atoms with van der Waals surface area (Å²) in [5.74, 6) is 0.576. The van der Waals surface area contributed by atoms with Gasteiger partial charge in [0, 0.05) is 11.8 Å². The van der Waals surface area contributed by atoms with Crippen molar-refractivity contribution in [1.82, 2.24) is 0 Å². The fourth-order valence-corrected chi connectivity index (χ4v) is 1.93. The predicted octanol–water partition coefficient (Wildman–Crippen LogP) is 3.89. The van der Waals surface area contributed by atoms with Gasteiger partial charge < -0.3 is 9.84 Å². The van der Waals surface area contributed by atoms with E-state index in [0.717, 1.165) is 5.56 Å². The lowest BCUT2D eigenvalue weighted by Crippen LogP contribution is -1.93. The maximum atomic E-state index is 9.99. The lowest BCUT2D eigenvalue weighted by atomic mass is 10.1. The Morgan fingerprint density at radius 2 is 1.85 bits per heavy atom. The summed E-state index contributed by atoms with van der Waals surface area (Å²) in [5, 5.41) is 9.99. The number of aliphatic imine (C=N–C) groups is 1. The molecule has 0 aromatic heterocycles. The standard InChI is InChI=1S/C17H19NO2/c1-12-7-9-14(10-8-12)13(2)18-11-15-5-4-6-16(20-3)17(15)19/h4-11,13,19H,1-3H3/t13-/m1/s1. The van der Waals surface area contributed by atoms with E-state index in [4.69, 9.17) is 4.74 Å². The molecule has 3 heteroatoms. The van der Waals surface area contributed by atoms with Gasteiger partial charge in [0.25, 0.3) is 0 Å². The Balaban J connectivity index is 2.19. The number of para-hydroxylation sites is 1. The molecule has 3 nitrogen and oxygen atoms in total. The predicted molar refractivity (Wildman–Crippen MR) is 81.8 cm³/mol. The van der Waals surface area contributed by atoms with E-state index in [9.17, 15) is 5.11 Å². The lowest BCUT2D eigenvalue weighted by Gasteiger charge is -2.08. The second-order valence-electron chi connectivity index (χ2n) is 4.76. The van der Waals surface area contributed by atoms with Gasteiger partial charge in [-0.2, -0.15) is 0 Å². The number of benzene rings is 2. The fraction of sp³-hybridized carbons (Fsp3) is 0.235. The molecule has 0 fully saturated rings. The SMILES string of the molecule is COc1cccc(C=N[C@H](C)c2ccc(C)cc2)c1O. The zero-order valence-corrected chi connectivity index (χ0v) is 12.0. The maximum Gasteiger partial charge on any atom is 0.166 e. The van der Waals surface area contributed by atoms with Crippen molar-refractivity contribution in [2.45, 2.75) is 19.9 Å². The van der Waals surface area contributed by atoms with Crippen LogP contribution in [-0.4, -0.2) is 18.4 Å². The third-order valence-electron chi connectivity index (χ3n) is 3.25. The zero-order valence-electron chi connectivity index (χ0n) is 12.0. The zero-order chi connectivity index (χ0) is 14.5. The number of aryl methyl sites for hydroxylation is 1. The Morgan fingerprint density at radius 3 is 2.50 bits per heavy atom. The van der Waals surface area contributed by atoms with Gasteiger partial charge in [-0.05, 0) is 31.5 Å². The van der Waals surface area contributed by atoms with E-state index in [1.807, 2.05) is 19.1 Å². The van der Waals surface area contributed by atoms with Gasteiger partial charge in [0.05, 0.1) is 13.2 Å². The fourth-order valence-electron chi connectivity index (χ4n) is 1.93. The molecule has 0 spiro atoms. The molecule has 0 unspecified atom stereocenters. The first-order valence-electron chi connectivity index (χ1n) is 6.57. The first-order chi connectivity index (χ1) is 9.61. The molecule has 104 valence electrons. The van der Waals surface area contributed by atoms with E-state index in [1.54, 1.807) is 12.3 Å². The molecule has 0 aliphatic carbocycles. The Kier molecular flexibility index (Phi) is 4.41. The van der Waals surface area contributed by atoms with Crippen LogP contribution < -0.4 is 4.74 Å². The van der Waals surface area contributed by atoms with Crippen LogP contribution in [0, 0.1) is 6.92 Å². The molecule has 0 bridgehead atoms. The molecule has 0 aliphatic rings. The Labute approximate surface area is 119 Å². The quantitative estimate of drug-likeness (QED) is 0.856. The summed E-state index contributed by atoms with van der Waals surface area (Å²) < 4.78 is 5.08. The molecular formula is C17H19NO2. The maximum absolute atomic E-state index is 9.99. The number of ether oxygens (including phenoxy) is 1. The van der Waals surface area contributed by atoms with E-state index < -0.39 is 0 Å². The number of aromatic hydroxyl groups is 1. The van der Waals surface area contributed by atoms with E-state index >= 15 is 0 Å². The van der Waals surface area contributed by atoms with Crippen LogP contribution in [0.1, 0.15) is 29.7 Å². The van der Waals surface area contributed by atoms with Crippen LogP contribution in [0.3, 0.4) is 0 Å². The van der Waals surface area contributed by atoms with Crippen LogP contribution in [0.2, 0.25) is 0 Å². The minimum Gasteiger partial charge on any atom is -0.504 e. The van der Waals surface area contributed by atoms with E-state index in [0.29, 0.717) is 11.3 Å². The molecule has 2 aromatic rings. The number of methoxy groups -OCH3 is 1. The van der Waals surface area contributed by atoms with Gasteiger partial charge in [-0.15, -0.1) is 0 Å². The third kappa shape index (κ3) is 3.18. The van der Waals surface area contributed by atoms with Crippen LogP contribution in [0.25, 0.3) is 0 Å². The van der Waals surface area contributed by atoms with Gasteiger partial charge in [-0.3, -0.25) is 4.99 Å². The summed E-state index contributed by atoms with van der Waals surface area (Å²) in [6.07, 6.45) is 1.68.